The van der Waals surface area contributed by atoms with Gasteiger partial charge in [0.1, 0.15) is 11.0 Å². The molecule has 0 bridgehead atoms. The standard InChI is InChI=1S/C17H20Cl2N4O/c1-22-12(10-14(18)15(22)19)11-21-16-13(6-5-7-20-16)17(24)23-8-3-2-4-9-23/h5-7,10H,2-4,8-9,11H2,1H3,(H,20,21). The topological polar surface area (TPSA) is 50.2 Å². The normalized spacial score (nSPS) is 14.7. The maximum Gasteiger partial charge on any atom is 0.257 e. The van der Waals surface area contributed by atoms with E-state index in [1.807, 2.05) is 28.6 Å². The number of pyridine rings is 1. The zero-order valence-electron chi connectivity index (χ0n) is 13.6. The number of hydrogen-bond donors (Lipinski definition) is 1. The van der Waals surface area contributed by atoms with E-state index >= 15 is 0 Å². The maximum absolute atomic E-state index is 12.8. The van der Waals surface area contributed by atoms with Gasteiger partial charge in [-0.1, -0.05) is 23.2 Å². The van der Waals surface area contributed by atoms with Crippen LogP contribution in [0.2, 0.25) is 10.2 Å². The fourth-order valence-electron chi connectivity index (χ4n) is 2.92. The van der Waals surface area contributed by atoms with E-state index in [0.717, 1.165) is 31.6 Å². The predicted molar refractivity (Wildman–Crippen MR) is 96.8 cm³/mol. The molecule has 2 aromatic heterocycles. The minimum Gasteiger partial charge on any atom is -0.364 e. The Morgan fingerprint density at radius 2 is 2.04 bits per heavy atom. The molecule has 2 aromatic rings. The Balaban J connectivity index is 1.76. The highest BCUT2D eigenvalue weighted by molar-refractivity contribution is 6.41. The van der Waals surface area contributed by atoms with Gasteiger partial charge in [-0.25, -0.2) is 4.98 Å². The van der Waals surface area contributed by atoms with Gasteiger partial charge < -0.3 is 14.8 Å². The molecule has 0 aliphatic carbocycles. The van der Waals surface area contributed by atoms with Crippen molar-refractivity contribution in [2.24, 2.45) is 7.05 Å². The van der Waals surface area contributed by atoms with E-state index in [-0.39, 0.29) is 5.91 Å². The molecule has 3 heterocycles. The molecule has 1 saturated heterocycles. The van der Waals surface area contributed by atoms with Gasteiger partial charge in [-0.2, -0.15) is 0 Å². The molecule has 0 unspecified atom stereocenters. The van der Waals surface area contributed by atoms with Gasteiger partial charge in [0, 0.05) is 32.0 Å². The highest BCUT2D eigenvalue weighted by Gasteiger charge is 2.21. The molecule has 1 amide bonds. The molecular weight excluding hydrogens is 347 g/mol. The van der Waals surface area contributed by atoms with E-state index in [1.54, 1.807) is 12.3 Å². The molecule has 1 aliphatic rings. The average Bonchev–Trinajstić information content (AvgIpc) is 2.87. The van der Waals surface area contributed by atoms with Crippen molar-refractivity contribution in [3.8, 4) is 0 Å². The van der Waals surface area contributed by atoms with Gasteiger partial charge in [0.2, 0.25) is 0 Å². The van der Waals surface area contributed by atoms with Crippen molar-refractivity contribution in [2.45, 2.75) is 25.8 Å². The molecule has 0 radical (unpaired) electrons. The Labute approximate surface area is 151 Å². The second-order valence-electron chi connectivity index (χ2n) is 5.94. The van der Waals surface area contributed by atoms with Crippen molar-refractivity contribution in [1.82, 2.24) is 14.5 Å². The lowest BCUT2D eigenvalue weighted by Gasteiger charge is -2.27. The van der Waals surface area contributed by atoms with E-state index in [4.69, 9.17) is 23.2 Å². The Morgan fingerprint density at radius 1 is 1.29 bits per heavy atom. The average molecular weight is 367 g/mol. The van der Waals surface area contributed by atoms with Crippen molar-refractivity contribution < 1.29 is 4.79 Å². The second-order valence-corrected chi connectivity index (χ2v) is 6.70. The molecule has 0 atom stereocenters. The molecule has 0 aromatic carbocycles. The zero-order chi connectivity index (χ0) is 17.1. The van der Waals surface area contributed by atoms with Gasteiger partial charge in [-0.3, -0.25) is 4.79 Å². The number of halogens is 2. The first-order valence-electron chi connectivity index (χ1n) is 8.05. The largest absolute Gasteiger partial charge is 0.364 e. The fraction of sp³-hybridized carbons (Fsp3) is 0.412. The third kappa shape index (κ3) is 3.52. The van der Waals surface area contributed by atoms with Crippen LogP contribution >= 0.6 is 23.2 Å². The number of carbonyl (C=O) groups is 1. The number of nitrogens with one attached hydrogen (secondary N) is 1. The maximum atomic E-state index is 12.8. The summed E-state index contributed by atoms with van der Waals surface area (Å²) in [7, 11) is 1.85. The number of hydrogen-bond acceptors (Lipinski definition) is 3. The number of aromatic nitrogens is 2. The van der Waals surface area contributed by atoms with Crippen LogP contribution in [0.4, 0.5) is 5.82 Å². The first kappa shape index (κ1) is 17.1. The summed E-state index contributed by atoms with van der Waals surface area (Å²) in [6.45, 7) is 2.12. The van der Waals surface area contributed by atoms with E-state index in [0.29, 0.717) is 28.1 Å². The molecule has 0 saturated carbocycles. The summed E-state index contributed by atoms with van der Waals surface area (Å²) < 4.78 is 1.81. The van der Waals surface area contributed by atoms with Crippen molar-refractivity contribution in [2.75, 3.05) is 18.4 Å². The smallest absolute Gasteiger partial charge is 0.257 e. The van der Waals surface area contributed by atoms with Gasteiger partial charge in [-0.15, -0.1) is 0 Å². The Morgan fingerprint density at radius 3 is 2.71 bits per heavy atom. The first-order valence-corrected chi connectivity index (χ1v) is 8.81. The molecule has 128 valence electrons. The molecular formula is C17H20Cl2N4O. The third-order valence-electron chi connectivity index (χ3n) is 4.33. The van der Waals surface area contributed by atoms with Crippen LogP contribution in [0.5, 0.6) is 0 Å². The van der Waals surface area contributed by atoms with Crippen LogP contribution in [0.1, 0.15) is 35.3 Å². The van der Waals surface area contributed by atoms with E-state index in [2.05, 4.69) is 10.3 Å². The van der Waals surface area contributed by atoms with Crippen LogP contribution in [-0.2, 0) is 13.6 Å². The quantitative estimate of drug-likeness (QED) is 0.890. The van der Waals surface area contributed by atoms with E-state index in [9.17, 15) is 4.79 Å². The Bertz CT molecular complexity index is 738. The highest BCUT2D eigenvalue weighted by Crippen LogP contribution is 2.26. The molecule has 1 N–H and O–H groups in total. The van der Waals surface area contributed by atoms with Gasteiger partial charge in [-0.05, 0) is 37.5 Å². The van der Waals surface area contributed by atoms with E-state index < -0.39 is 0 Å². The van der Waals surface area contributed by atoms with E-state index in [1.165, 1.54) is 6.42 Å². The Kier molecular flexibility index (Phi) is 5.31. The lowest BCUT2D eigenvalue weighted by molar-refractivity contribution is 0.0725. The minimum absolute atomic E-state index is 0.0354. The summed E-state index contributed by atoms with van der Waals surface area (Å²) >= 11 is 12.1. The van der Waals surface area contributed by atoms with Crippen LogP contribution in [0.3, 0.4) is 0 Å². The fourth-order valence-corrected chi connectivity index (χ4v) is 3.33. The summed E-state index contributed by atoms with van der Waals surface area (Å²) in [5, 5.41) is 4.25. The third-order valence-corrected chi connectivity index (χ3v) is 5.18. The SMILES string of the molecule is Cn1c(CNc2ncccc2C(=O)N2CCCCC2)cc(Cl)c1Cl. The monoisotopic (exact) mass is 366 g/mol. The van der Waals surface area contributed by atoms with Crippen LogP contribution < -0.4 is 5.32 Å². The summed E-state index contributed by atoms with van der Waals surface area (Å²) in [5.74, 6) is 0.620. The van der Waals surface area contributed by atoms with Crippen LogP contribution in [0.25, 0.3) is 0 Å². The van der Waals surface area contributed by atoms with Gasteiger partial charge in [0.25, 0.3) is 5.91 Å². The molecule has 5 nitrogen and oxygen atoms in total. The number of carbonyl (C=O) groups excluding carboxylic acids is 1. The molecule has 1 fully saturated rings. The number of likely N-dealkylation sites (tertiary alicyclic amines) is 1. The number of piperidine rings is 1. The molecule has 1 aliphatic heterocycles. The lowest BCUT2D eigenvalue weighted by Crippen LogP contribution is -2.36. The predicted octanol–water partition coefficient (Wildman–Crippen LogP) is 3.97. The van der Waals surface area contributed by atoms with Gasteiger partial charge in [0.05, 0.1) is 17.1 Å². The molecule has 7 heteroatoms. The summed E-state index contributed by atoms with van der Waals surface area (Å²) in [4.78, 5) is 19.0. The number of anilines is 1. The Hall–Kier alpha value is -1.72. The highest BCUT2D eigenvalue weighted by atomic mass is 35.5. The number of amides is 1. The zero-order valence-corrected chi connectivity index (χ0v) is 15.1. The van der Waals surface area contributed by atoms with Gasteiger partial charge >= 0.3 is 0 Å². The number of rotatable bonds is 4. The summed E-state index contributed by atoms with van der Waals surface area (Å²) in [6, 6.07) is 5.42. The summed E-state index contributed by atoms with van der Waals surface area (Å²) in [5.41, 5.74) is 1.53. The molecule has 3 rings (SSSR count). The molecule has 24 heavy (non-hydrogen) atoms. The van der Waals surface area contributed by atoms with Crippen molar-refractivity contribution in [3.05, 3.63) is 45.8 Å². The first-order chi connectivity index (χ1) is 11.6. The van der Waals surface area contributed by atoms with Crippen LogP contribution in [0.15, 0.2) is 24.4 Å². The number of nitrogens with zero attached hydrogens (tertiary/aromatic N) is 3. The van der Waals surface area contributed by atoms with Crippen LogP contribution in [-0.4, -0.2) is 33.4 Å². The van der Waals surface area contributed by atoms with Crippen molar-refractivity contribution >= 4 is 34.9 Å². The van der Waals surface area contributed by atoms with Crippen molar-refractivity contribution in [3.63, 3.8) is 0 Å². The molecule has 0 spiro atoms. The minimum atomic E-state index is 0.0354. The second kappa shape index (κ2) is 7.45. The van der Waals surface area contributed by atoms with Crippen LogP contribution in [0, 0.1) is 0 Å². The van der Waals surface area contributed by atoms with Crippen molar-refractivity contribution in [1.29, 1.82) is 0 Å². The lowest BCUT2D eigenvalue weighted by atomic mass is 10.1. The van der Waals surface area contributed by atoms with Gasteiger partial charge in [0.15, 0.2) is 0 Å². The summed E-state index contributed by atoms with van der Waals surface area (Å²) in [6.07, 6.45) is 5.00.